The standard InChI is InChI=1S/C18H26N6O3/c1-26-13-3-4-15(27-2)14(11-13)22-17-16(19)18(21-12-20-17)24-7-5-23(6-8-24)9-10-25/h3-4,11-12,25H,5-10,19H2,1-2H3,(H,20,21,22). The zero-order valence-electron chi connectivity index (χ0n) is 15.7. The molecule has 2 heterocycles. The lowest BCUT2D eigenvalue weighted by molar-refractivity contribution is 0.188. The molecular formula is C18H26N6O3. The van der Waals surface area contributed by atoms with E-state index in [0.717, 1.165) is 26.2 Å². The Morgan fingerprint density at radius 2 is 1.93 bits per heavy atom. The number of β-amino-alcohol motifs (C(OH)–C–C–N with tert-alkyl or cyclic N) is 1. The van der Waals surface area contributed by atoms with Crippen LogP contribution in [0.5, 0.6) is 11.5 Å². The van der Waals surface area contributed by atoms with Crippen molar-refractivity contribution in [1.29, 1.82) is 0 Å². The van der Waals surface area contributed by atoms with Gasteiger partial charge in [-0.2, -0.15) is 0 Å². The molecule has 1 saturated heterocycles. The van der Waals surface area contributed by atoms with Gasteiger partial charge < -0.3 is 30.5 Å². The van der Waals surface area contributed by atoms with Crippen LogP contribution in [0.3, 0.4) is 0 Å². The lowest BCUT2D eigenvalue weighted by Gasteiger charge is -2.35. The molecule has 0 unspecified atom stereocenters. The number of hydrogen-bond donors (Lipinski definition) is 3. The van der Waals surface area contributed by atoms with Gasteiger partial charge in [0.2, 0.25) is 0 Å². The molecule has 0 amide bonds. The highest BCUT2D eigenvalue weighted by atomic mass is 16.5. The molecule has 27 heavy (non-hydrogen) atoms. The number of ether oxygens (including phenoxy) is 2. The van der Waals surface area contributed by atoms with Crippen LogP contribution in [0.1, 0.15) is 0 Å². The van der Waals surface area contributed by atoms with Gasteiger partial charge in [0.05, 0.1) is 26.5 Å². The summed E-state index contributed by atoms with van der Waals surface area (Å²) in [6.45, 7) is 4.17. The first kappa shape index (κ1) is 19.0. The number of piperazine rings is 1. The highest BCUT2D eigenvalue weighted by Gasteiger charge is 2.21. The van der Waals surface area contributed by atoms with Crippen molar-refractivity contribution in [2.75, 3.05) is 69.5 Å². The summed E-state index contributed by atoms with van der Waals surface area (Å²) < 4.78 is 10.7. The van der Waals surface area contributed by atoms with Crippen LogP contribution in [-0.2, 0) is 0 Å². The molecule has 146 valence electrons. The topological polar surface area (TPSA) is 109 Å². The number of nitrogens with zero attached hydrogens (tertiary/aromatic N) is 4. The summed E-state index contributed by atoms with van der Waals surface area (Å²) in [5.41, 5.74) is 7.56. The van der Waals surface area contributed by atoms with E-state index in [2.05, 4.69) is 25.1 Å². The second kappa shape index (κ2) is 8.74. The molecule has 0 bridgehead atoms. The molecule has 1 fully saturated rings. The van der Waals surface area contributed by atoms with Gasteiger partial charge in [0.1, 0.15) is 23.5 Å². The second-order valence-corrected chi connectivity index (χ2v) is 6.20. The summed E-state index contributed by atoms with van der Waals surface area (Å²) in [7, 11) is 3.22. The molecule has 1 aromatic carbocycles. The molecule has 4 N–H and O–H groups in total. The first-order valence-corrected chi connectivity index (χ1v) is 8.84. The van der Waals surface area contributed by atoms with Gasteiger partial charge >= 0.3 is 0 Å². The summed E-state index contributed by atoms with van der Waals surface area (Å²) in [6.07, 6.45) is 1.50. The van der Waals surface area contributed by atoms with Gasteiger partial charge in [-0.25, -0.2) is 9.97 Å². The van der Waals surface area contributed by atoms with E-state index >= 15 is 0 Å². The van der Waals surface area contributed by atoms with Crippen molar-refractivity contribution in [1.82, 2.24) is 14.9 Å². The van der Waals surface area contributed by atoms with Gasteiger partial charge in [0.25, 0.3) is 0 Å². The monoisotopic (exact) mass is 374 g/mol. The maximum atomic E-state index is 9.08. The van der Waals surface area contributed by atoms with Crippen molar-refractivity contribution < 1.29 is 14.6 Å². The van der Waals surface area contributed by atoms with E-state index < -0.39 is 0 Å². The smallest absolute Gasteiger partial charge is 0.159 e. The minimum atomic E-state index is 0.173. The van der Waals surface area contributed by atoms with Gasteiger partial charge in [-0.3, -0.25) is 4.90 Å². The zero-order chi connectivity index (χ0) is 19.2. The van der Waals surface area contributed by atoms with Crippen LogP contribution in [0.25, 0.3) is 0 Å². The Kier molecular flexibility index (Phi) is 6.15. The summed E-state index contributed by atoms with van der Waals surface area (Å²) >= 11 is 0. The van der Waals surface area contributed by atoms with E-state index in [9.17, 15) is 0 Å². The van der Waals surface area contributed by atoms with Crippen molar-refractivity contribution in [2.24, 2.45) is 0 Å². The summed E-state index contributed by atoms with van der Waals surface area (Å²) in [4.78, 5) is 13.0. The second-order valence-electron chi connectivity index (χ2n) is 6.20. The van der Waals surface area contributed by atoms with Crippen LogP contribution < -0.4 is 25.4 Å². The fourth-order valence-electron chi connectivity index (χ4n) is 3.10. The fraction of sp³-hybridized carbons (Fsp3) is 0.444. The van der Waals surface area contributed by atoms with E-state index in [-0.39, 0.29) is 6.61 Å². The number of methoxy groups -OCH3 is 2. The van der Waals surface area contributed by atoms with Crippen LogP contribution in [0.2, 0.25) is 0 Å². The van der Waals surface area contributed by atoms with E-state index in [1.54, 1.807) is 14.2 Å². The Bertz CT molecular complexity index is 765. The van der Waals surface area contributed by atoms with Crippen LogP contribution in [0, 0.1) is 0 Å². The summed E-state index contributed by atoms with van der Waals surface area (Å²) in [5.74, 6) is 2.58. The number of hydrogen-bond acceptors (Lipinski definition) is 9. The Morgan fingerprint density at radius 1 is 1.15 bits per heavy atom. The highest BCUT2D eigenvalue weighted by Crippen LogP contribution is 2.34. The average molecular weight is 374 g/mol. The first-order valence-electron chi connectivity index (χ1n) is 8.84. The molecule has 1 aliphatic heterocycles. The van der Waals surface area contributed by atoms with Crippen molar-refractivity contribution >= 4 is 23.0 Å². The number of nitrogens with one attached hydrogen (secondary N) is 1. The van der Waals surface area contributed by atoms with Crippen molar-refractivity contribution in [3.63, 3.8) is 0 Å². The SMILES string of the molecule is COc1ccc(OC)c(Nc2ncnc(N3CCN(CCO)CC3)c2N)c1. The Hall–Kier alpha value is -2.78. The predicted octanol–water partition coefficient (Wildman–Crippen LogP) is 0.934. The third-order valence-corrected chi connectivity index (χ3v) is 4.61. The largest absolute Gasteiger partial charge is 0.497 e. The first-order chi connectivity index (χ1) is 13.2. The molecule has 0 spiro atoms. The zero-order valence-corrected chi connectivity index (χ0v) is 15.7. The Morgan fingerprint density at radius 3 is 2.59 bits per heavy atom. The number of aliphatic hydroxyl groups excluding tert-OH is 1. The molecule has 1 aromatic heterocycles. The lowest BCUT2D eigenvalue weighted by atomic mass is 10.2. The number of nitrogen functional groups attached to an aromatic ring is 1. The molecule has 0 aliphatic carbocycles. The van der Waals surface area contributed by atoms with Crippen molar-refractivity contribution in [2.45, 2.75) is 0 Å². The molecule has 3 rings (SSSR count). The predicted molar refractivity (Wildman–Crippen MR) is 105 cm³/mol. The van der Waals surface area contributed by atoms with Gasteiger partial charge in [0, 0.05) is 38.8 Å². The number of nitrogens with two attached hydrogens (primary N) is 1. The number of anilines is 4. The molecule has 0 saturated carbocycles. The number of aromatic nitrogens is 2. The van der Waals surface area contributed by atoms with E-state index in [4.69, 9.17) is 20.3 Å². The van der Waals surface area contributed by atoms with Gasteiger partial charge in [0.15, 0.2) is 11.6 Å². The molecular weight excluding hydrogens is 348 g/mol. The quantitative estimate of drug-likeness (QED) is 0.652. The van der Waals surface area contributed by atoms with Crippen LogP contribution in [-0.4, -0.2) is 73.5 Å². The van der Waals surface area contributed by atoms with Gasteiger partial charge in [-0.1, -0.05) is 0 Å². The Balaban J connectivity index is 1.80. The Labute approximate surface area is 158 Å². The maximum Gasteiger partial charge on any atom is 0.159 e. The normalized spacial score (nSPS) is 14.9. The average Bonchev–Trinajstić information content (AvgIpc) is 2.70. The third kappa shape index (κ3) is 4.32. The van der Waals surface area contributed by atoms with Crippen LogP contribution in [0.15, 0.2) is 24.5 Å². The van der Waals surface area contributed by atoms with Gasteiger partial charge in [-0.15, -0.1) is 0 Å². The van der Waals surface area contributed by atoms with E-state index in [1.807, 2.05) is 18.2 Å². The molecule has 1 aliphatic rings. The molecule has 0 atom stereocenters. The van der Waals surface area contributed by atoms with Crippen LogP contribution in [0.4, 0.5) is 23.0 Å². The van der Waals surface area contributed by atoms with Crippen molar-refractivity contribution in [3.05, 3.63) is 24.5 Å². The summed E-state index contributed by atoms with van der Waals surface area (Å²) in [6, 6.07) is 5.47. The minimum absolute atomic E-state index is 0.173. The fourth-order valence-corrected chi connectivity index (χ4v) is 3.10. The highest BCUT2D eigenvalue weighted by molar-refractivity contribution is 5.80. The number of rotatable bonds is 7. The lowest BCUT2D eigenvalue weighted by Crippen LogP contribution is -2.47. The van der Waals surface area contributed by atoms with Crippen molar-refractivity contribution in [3.8, 4) is 11.5 Å². The molecule has 9 nitrogen and oxygen atoms in total. The maximum absolute atomic E-state index is 9.08. The van der Waals surface area contributed by atoms with E-state index in [1.165, 1.54) is 6.33 Å². The minimum Gasteiger partial charge on any atom is -0.497 e. The summed E-state index contributed by atoms with van der Waals surface area (Å²) in [5, 5.41) is 12.3. The molecule has 0 radical (unpaired) electrons. The number of benzene rings is 1. The number of aliphatic hydroxyl groups is 1. The van der Waals surface area contributed by atoms with Crippen LogP contribution >= 0.6 is 0 Å². The molecule has 9 heteroatoms. The van der Waals surface area contributed by atoms with E-state index in [0.29, 0.717) is 41.1 Å². The van der Waals surface area contributed by atoms with Gasteiger partial charge in [-0.05, 0) is 12.1 Å². The molecule has 2 aromatic rings. The third-order valence-electron chi connectivity index (χ3n) is 4.61.